The van der Waals surface area contributed by atoms with Gasteiger partial charge in [-0.15, -0.1) is 0 Å². The van der Waals surface area contributed by atoms with Crippen LogP contribution in [0, 0.1) is 0 Å². The van der Waals surface area contributed by atoms with E-state index >= 15 is 0 Å². The fourth-order valence-electron chi connectivity index (χ4n) is 3.11. The summed E-state index contributed by atoms with van der Waals surface area (Å²) in [5, 5.41) is 8.70. The van der Waals surface area contributed by atoms with Gasteiger partial charge in [0.15, 0.2) is 0 Å². The molecule has 0 bridgehead atoms. The Labute approximate surface area is 171 Å². The van der Waals surface area contributed by atoms with Gasteiger partial charge in [0, 0.05) is 49.9 Å². The predicted molar refractivity (Wildman–Crippen MR) is 105 cm³/mol. The molecule has 3 heterocycles. The van der Waals surface area contributed by atoms with Crippen LogP contribution in [-0.2, 0) is 13.6 Å². The van der Waals surface area contributed by atoms with Crippen molar-refractivity contribution in [2.24, 2.45) is 7.05 Å². The first-order valence-corrected chi connectivity index (χ1v) is 9.52. The summed E-state index contributed by atoms with van der Waals surface area (Å²) >= 11 is 5.90. The van der Waals surface area contributed by atoms with E-state index < -0.39 is 0 Å². The second kappa shape index (κ2) is 8.14. The summed E-state index contributed by atoms with van der Waals surface area (Å²) in [6, 6.07) is 10.1. The Morgan fingerprint density at radius 3 is 2.52 bits per heavy atom. The van der Waals surface area contributed by atoms with Crippen molar-refractivity contribution in [2.45, 2.75) is 6.54 Å². The number of piperazine rings is 1. The van der Waals surface area contributed by atoms with E-state index in [9.17, 15) is 9.59 Å². The first-order valence-electron chi connectivity index (χ1n) is 9.14. The van der Waals surface area contributed by atoms with Gasteiger partial charge in [-0.1, -0.05) is 16.8 Å². The van der Waals surface area contributed by atoms with Crippen LogP contribution in [-0.4, -0.2) is 61.8 Å². The largest absolute Gasteiger partial charge is 0.338 e. The standard InChI is InChI=1S/C19H19ClN6O3/c1-24-17(27)7-6-15(22-24)19(28)26-10-8-25(9-11-26)12-16-21-18(23-29-16)13-2-4-14(20)5-3-13/h2-7H,8-12H2,1H3. The zero-order valence-electron chi connectivity index (χ0n) is 15.8. The Morgan fingerprint density at radius 1 is 1.10 bits per heavy atom. The van der Waals surface area contributed by atoms with Gasteiger partial charge in [-0.05, 0) is 30.3 Å². The van der Waals surface area contributed by atoms with E-state index in [1.165, 1.54) is 19.2 Å². The molecule has 150 valence electrons. The highest BCUT2D eigenvalue weighted by molar-refractivity contribution is 6.30. The van der Waals surface area contributed by atoms with Gasteiger partial charge in [0.2, 0.25) is 11.7 Å². The summed E-state index contributed by atoms with van der Waals surface area (Å²) in [6.45, 7) is 2.98. The number of carbonyl (C=O) groups excluding carboxylic acids is 1. The number of aromatic nitrogens is 4. The number of carbonyl (C=O) groups is 1. The highest BCUT2D eigenvalue weighted by Crippen LogP contribution is 2.19. The Balaban J connectivity index is 1.34. The summed E-state index contributed by atoms with van der Waals surface area (Å²) in [4.78, 5) is 32.3. The van der Waals surface area contributed by atoms with Crippen LogP contribution in [0.2, 0.25) is 5.02 Å². The molecule has 1 amide bonds. The van der Waals surface area contributed by atoms with E-state index in [2.05, 4.69) is 20.1 Å². The lowest BCUT2D eigenvalue weighted by molar-refractivity contribution is 0.0607. The quantitative estimate of drug-likeness (QED) is 0.637. The van der Waals surface area contributed by atoms with Gasteiger partial charge in [0.25, 0.3) is 11.5 Å². The molecule has 0 unspecified atom stereocenters. The minimum absolute atomic E-state index is 0.178. The topological polar surface area (TPSA) is 97.4 Å². The summed E-state index contributed by atoms with van der Waals surface area (Å²) in [6.07, 6.45) is 0. The average molecular weight is 415 g/mol. The molecule has 9 nitrogen and oxygen atoms in total. The Morgan fingerprint density at radius 2 is 1.83 bits per heavy atom. The molecule has 0 aliphatic carbocycles. The zero-order valence-corrected chi connectivity index (χ0v) is 16.5. The third-order valence-corrected chi connectivity index (χ3v) is 5.02. The molecule has 1 aliphatic heterocycles. The number of hydrogen-bond acceptors (Lipinski definition) is 7. The number of benzene rings is 1. The van der Waals surface area contributed by atoms with Gasteiger partial charge in [0.1, 0.15) is 5.69 Å². The third-order valence-electron chi connectivity index (χ3n) is 4.77. The smallest absolute Gasteiger partial charge is 0.274 e. The fraction of sp³-hybridized carbons (Fsp3) is 0.316. The molecule has 1 aromatic carbocycles. The monoisotopic (exact) mass is 414 g/mol. The Kier molecular flexibility index (Phi) is 5.41. The van der Waals surface area contributed by atoms with Crippen LogP contribution in [0.1, 0.15) is 16.4 Å². The molecule has 29 heavy (non-hydrogen) atoms. The Hall–Kier alpha value is -3.04. The lowest BCUT2D eigenvalue weighted by Gasteiger charge is -2.33. The second-order valence-electron chi connectivity index (χ2n) is 6.77. The average Bonchev–Trinajstić information content (AvgIpc) is 3.19. The lowest BCUT2D eigenvalue weighted by Crippen LogP contribution is -2.48. The van der Waals surface area contributed by atoms with Gasteiger partial charge in [-0.25, -0.2) is 4.68 Å². The zero-order chi connectivity index (χ0) is 20.4. The van der Waals surface area contributed by atoms with Gasteiger partial charge < -0.3 is 9.42 Å². The van der Waals surface area contributed by atoms with Gasteiger partial charge in [0.05, 0.1) is 6.54 Å². The molecule has 2 aromatic heterocycles. The van der Waals surface area contributed by atoms with Crippen LogP contribution in [0.15, 0.2) is 45.7 Å². The van der Waals surface area contributed by atoms with E-state index in [1.807, 2.05) is 12.1 Å². The number of rotatable bonds is 4. The van der Waals surface area contributed by atoms with Crippen molar-refractivity contribution >= 4 is 17.5 Å². The molecule has 1 saturated heterocycles. The molecule has 0 radical (unpaired) electrons. The number of aryl methyl sites for hydroxylation is 1. The molecule has 10 heteroatoms. The minimum Gasteiger partial charge on any atom is -0.338 e. The molecule has 3 aromatic rings. The molecular formula is C19H19ClN6O3. The minimum atomic E-state index is -0.246. The summed E-state index contributed by atoms with van der Waals surface area (Å²) in [7, 11) is 1.53. The summed E-state index contributed by atoms with van der Waals surface area (Å²) in [5.41, 5.74) is 0.860. The highest BCUT2D eigenvalue weighted by atomic mass is 35.5. The molecular weight excluding hydrogens is 396 g/mol. The Bertz CT molecular complexity index is 1070. The predicted octanol–water partition coefficient (Wildman–Crippen LogP) is 1.44. The van der Waals surface area contributed by atoms with Crippen molar-refractivity contribution in [1.82, 2.24) is 29.7 Å². The molecule has 0 spiro atoms. The fourth-order valence-corrected chi connectivity index (χ4v) is 3.24. The number of nitrogens with zero attached hydrogens (tertiary/aromatic N) is 6. The summed E-state index contributed by atoms with van der Waals surface area (Å²) in [5.74, 6) is 0.865. The van der Waals surface area contributed by atoms with Crippen molar-refractivity contribution < 1.29 is 9.32 Å². The van der Waals surface area contributed by atoms with E-state index in [0.717, 1.165) is 10.2 Å². The van der Waals surface area contributed by atoms with Crippen molar-refractivity contribution in [3.05, 3.63) is 63.4 Å². The van der Waals surface area contributed by atoms with Gasteiger partial charge >= 0.3 is 0 Å². The molecule has 0 atom stereocenters. The maximum Gasteiger partial charge on any atom is 0.274 e. The summed E-state index contributed by atoms with van der Waals surface area (Å²) < 4.78 is 6.53. The molecule has 4 rings (SSSR count). The third kappa shape index (κ3) is 4.36. The van der Waals surface area contributed by atoms with Crippen LogP contribution in [0.25, 0.3) is 11.4 Å². The van der Waals surface area contributed by atoms with Crippen LogP contribution in [0.5, 0.6) is 0 Å². The number of hydrogen-bond donors (Lipinski definition) is 0. The SMILES string of the molecule is Cn1nc(C(=O)N2CCN(Cc3nc(-c4ccc(Cl)cc4)no3)CC2)ccc1=O. The van der Waals surface area contributed by atoms with E-state index in [1.54, 1.807) is 17.0 Å². The lowest BCUT2D eigenvalue weighted by atomic mass is 10.2. The van der Waals surface area contributed by atoms with Crippen molar-refractivity contribution in [3.63, 3.8) is 0 Å². The molecule has 1 fully saturated rings. The molecule has 1 aliphatic rings. The van der Waals surface area contributed by atoms with E-state index in [-0.39, 0.29) is 17.2 Å². The number of halogens is 1. The first kappa shape index (κ1) is 19.3. The molecule has 0 saturated carbocycles. The number of amides is 1. The van der Waals surface area contributed by atoms with Gasteiger partial charge in [-0.3, -0.25) is 14.5 Å². The maximum absolute atomic E-state index is 12.6. The van der Waals surface area contributed by atoms with Crippen molar-refractivity contribution in [2.75, 3.05) is 26.2 Å². The maximum atomic E-state index is 12.6. The normalized spacial score (nSPS) is 14.9. The van der Waals surface area contributed by atoms with Gasteiger partial charge in [-0.2, -0.15) is 10.1 Å². The second-order valence-corrected chi connectivity index (χ2v) is 7.20. The van der Waals surface area contributed by atoms with Crippen LogP contribution in [0.3, 0.4) is 0 Å². The van der Waals surface area contributed by atoms with E-state index in [4.69, 9.17) is 16.1 Å². The van der Waals surface area contributed by atoms with Crippen LogP contribution >= 0.6 is 11.6 Å². The molecule has 0 N–H and O–H groups in total. The van der Waals surface area contributed by atoms with Crippen LogP contribution in [0.4, 0.5) is 0 Å². The van der Waals surface area contributed by atoms with Crippen molar-refractivity contribution in [3.8, 4) is 11.4 Å². The van der Waals surface area contributed by atoms with Crippen molar-refractivity contribution in [1.29, 1.82) is 0 Å². The van der Waals surface area contributed by atoms with Crippen LogP contribution < -0.4 is 5.56 Å². The first-order chi connectivity index (χ1) is 14.0. The highest BCUT2D eigenvalue weighted by Gasteiger charge is 2.24. The van der Waals surface area contributed by atoms with E-state index in [0.29, 0.717) is 49.5 Å².